The minimum atomic E-state index is -0.628. The highest BCUT2D eigenvalue weighted by atomic mass is 16.3. The van der Waals surface area contributed by atoms with Crippen LogP contribution in [0.25, 0.3) is 98.8 Å². The topological polar surface area (TPSA) is 16.4 Å². The van der Waals surface area contributed by atoms with Crippen molar-refractivity contribution in [3.63, 3.8) is 0 Å². The van der Waals surface area contributed by atoms with Gasteiger partial charge in [0.05, 0.1) is 5.41 Å². The normalized spacial score (nSPS) is 14.6. The van der Waals surface area contributed by atoms with Crippen molar-refractivity contribution in [1.29, 1.82) is 0 Å². The summed E-state index contributed by atoms with van der Waals surface area (Å²) < 4.78 is 6.38. The Bertz CT molecular complexity index is 4140. The second-order valence-electron chi connectivity index (χ2n) is 18.3. The Labute approximate surface area is 387 Å². The van der Waals surface area contributed by atoms with Gasteiger partial charge in [0.15, 0.2) is 0 Å². The first-order valence-corrected chi connectivity index (χ1v) is 23.2. The monoisotopic (exact) mass is 849 g/mol. The molecule has 1 unspecified atom stereocenters. The molecule has 2 aliphatic rings. The molecular formula is C65H39NO. The molecule has 1 atom stereocenters. The van der Waals surface area contributed by atoms with Gasteiger partial charge in [0.25, 0.3) is 0 Å². The Hall–Kier alpha value is -8.72. The molecule has 2 heteroatoms. The number of anilines is 3. The standard InChI is InChI=1S/C65H39NO/c1-2-13-40(14-3-1)41-27-30-45(31-28-41)66(47-33-36-61-55(39-47)51-20-8-11-24-60(51)67-61)46-32-35-58-54(38-46)49-18-5-4-17-48(49)50-19-6-9-22-56(50)65(58)57-23-10-7-21-52(57)64-53-34-29-43-16-12-15-42-25-26-44(37-59(64)65)63(53)62(42)43/h1-39H. The van der Waals surface area contributed by atoms with E-state index in [9.17, 15) is 0 Å². The van der Waals surface area contributed by atoms with E-state index in [1.54, 1.807) is 0 Å². The molecule has 0 aliphatic heterocycles. The van der Waals surface area contributed by atoms with E-state index >= 15 is 0 Å². The molecule has 2 nitrogen and oxygen atoms in total. The van der Waals surface area contributed by atoms with Crippen LogP contribution in [0, 0.1) is 0 Å². The third-order valence-electron chi connectivity index (χ3n) is 15.0. The van der Waals surface area contributed by atoms with Crippen LogP contribution in [-0.2, 0) is 5.41 Å². The maximum absolute atomic E-state index is 6.38. The smallest absolute Gasteiger partial charge is 0.135 e. The van der Waals surface area contributed by atoms with Crippen LogP contribution in [-0.4, -0.2) is 0 Å². The fourth-order valence-electron chi connectivity index (χ4n) is 12.2. The van der Waals surface area contributed by atoms with Crippen molar-refractivity contribution in [3.05, 3.63) is 259 Å². The molecule has 67 heavy (non-hydrogen) atoms. The Morgan fingerprint density at radius 3 is 1.70 bits per heavy atom. The van der Waals surface area contributed by atoms with Gasteiger partial charge in [0.1, 0.15) is 11.2 Å². The second-order valence-corrected chi connectivity index (χ2v) is 18.3. The Morgan fingerprint density at radius 1 is 0.299 bits per heavy atom. The number of furan rings is 1. The van der Waals surface area contributed by atoms with Crippen LogP contribution >= 0.6 is 0 Å². The van der Waals surface area contributed by atoms with E-state index < -0.39 is 5.41 Å². The zero-order valence-electron chi connectivity index (χ0n) is 36.4. The van der Waals surface area contributed by atoms with Gasteiger partial charge in [-0.05, 0) is 154 Å². The summed E-state index contributed by atoms with van der Waals surface area (Å²) in [6.07, 6.45) is 0. The highest BCUT2D eigenvalue weighted by Gasteiger charge is 2.50. The highest BCUT2D eigenvalue weighted by molar-refractivity contribution is 6.27. The van der Waals surface area contributed by atoms with Crippen LogP contribution in [0.1, 0.15) is 22.3 Å². The maximum atomic E-state index is 6.38. The molecule has 0 saturated carbocycles. The molecule has 0 saturated heterocycles. The van der Waals surface area contributed by atoms with Gasteiger partial charge in [-0.1, -0.05) is 182 Å². The van der Waals surface area contributed by atoms with Gasteiger partial charge in [0, 0.05) is 27.8 Å². The fraction of sp³-hybridized carbons (Fsp3) is 0.0154. The molecule has 13 aromatic rings. The van der Waals surface area contributed by atoms with E-state index in [2.05, 4.69) is 235 Å². The molecule has 15 rings (SSSR count). The summed E-state index contributed by atoms with van der Waals surface area (Å²) in [6.45, 7) is 0. The molecule has 310 valence electrons. The van der Waals surface area contributed by atoms with Gasteiger partial charge in [0.2, 0.25) is 0 Å². The van der Waals surface area contributed by atoms with E-state index in [0.29, 0.717) is 0 Å². The van der Waals surface area contributed by atoms with Crippen LogP contribution in [0.3, 0.4) is 0 Å². The van der Waals surface area contributed by atoms with Crippen molar-refractivity contribution >= 4 is 71.3 Å². The van der Waals surface area contributed by atoms with Crippen LogP contribution in [0.5, 0.6) is 0 Å². The molecule has 0 radical (unpaired) electrons. The summed E-state index contributed by atoms with van der Waals surface area (Å²) in [5.41, 5.74) is 19.5. The van der Waals surface area contributed by atoms with E-state index in [0.717, 1.165) is 39.0 Å². The van der Waals surface area contributed by atoms with E-state index in [4.69, 9.17) is 4.42 Å². The minimum absolute atomic E-state index is 0.628. The number of para-hydroxylation sites is 1. The molecule has 1 heterocycles. The summed E-state index contributed by atoms with van der Waals surface area (Å²) in [4.78, 5) is 2.42. The van der Waals surface area contributed by atoms with Crippen LogP contribution < -0.4 is 4.90 Å². The van der Waals surface area contributed by atoms with Gasteiger partial charge in [-0.2, -0.15) is 0 Å². The van der Waals surface area contributed by atoms with Crippen molar-refractivity contribution in [2.75, 3.05) is 4.90 Å². The first kappa shape index (κ1) is 36.6. The van der Waals surface area contributed by atoms with Gasteiger partial charge >= 0.3 is 0 Å². The summed E-state index contributed by atoms with van der Waals surface area (Å²) in [6, 6.07) is 88.0. The van der Waals surface area contributed by atoms with Gasteiger partial charge in [-0.25, -0.2) is 0 Å². The lowest BCUT2D eigenvalue weighted by atomic mass is 9.65. The molecule has 0 N–H and O–H groups in total. The number of benzene rings is 12. The van der Waals surface area contributed by atoms with Crippen molar-refractivity contribution in [3.8, 4) is 44.5 Å². The largest absolute Gasteiger partial charge is 0.456 e. The summed E-state index contributed by atoms with van der Waals surface area (Å²) >= 11 is 0. The molecule has 0 fully saturated rings. The number of hydrogen-bond acceptors (Lipinski definition) is 2. The summed E-state index contributed by atoms with van der Waals surface area (Å²) in [5.74, 6) is 0. The zero-order valence-corrected chi connectivity index (χ0v) is 36.4. The lowest BCUT2D eigenvalue weighted by molar-refractivity contribution is 0.669. The van der Waals surface area contributed by atoms with Crippen LogP contribution in [0.4, 0.5) is 17.1 Å². The van der Waals surface area contributed by atoms with E-state index in [-0.39, 0.29) is 0 Å². The Kier molecular flexibility index (Phi) is 7.46. The third kappa shape index (κ3) is 4.99. The summed E-state index contributed by atoms with van der Waals surface area (Å²) in [5, 5.41) is 10.0. The summed E-state index contributed by atoms with van der Waals surface area (Å²) in [7, 11) is 0. The molecule has 0 bridgehead atoms. The average Bonchev–Trinajstić information content (AvgIpc) is 3.88. The fourth-order valence-corrected chi connectivity index (χ4v) is 12.2. The average molecular weight is 850 g/mol. The molecule has 1 aromatic heterocycles. The Balaban J connectivity index is 1.04. The lowest BCUT2D eigenvalue weighted by Crippen LogP contribution is -2.29. The van der Waals surface area contributed by atoms with Crippen molar-refractivity contribution < 1.29 is 4.42 Å². The number of fused-ring (bicyclic) bond motifs is 16. The molecule has 2 aliphatic carbocycles. The van der Waals surface area contributed by atoms with Gasteiger partial charge in [-0.15, -0.1) is 0 Å². The first-order chi connectivity index (χ1) is 33.2. The van der Waals surface area contributed by atoms with Crippen LogP contribution in [0.15, 0.2) is 241 Å². The predicted octanol–water partition coefficient (Wildman–Crippen LogP) is 17.6. The lowest BCUT2D eigenvalue weighted by Gasteiger charge is -2.36. The van der Waals surface area contributed by atoms with Crippen molar-refractivity contribution in [1.82, 2.24) is 0 Å². The number of nitrogens with zero attached hydrogens (tertiary/aromatic N) is 1. The van der Waals surface area contributed by atoms with E-state index in [1.807, 2.05) is 6.07 Å². The maximum Gasteiger partial charge on any atom is 0.135 e. The minimum Gasteiger partial charge on any atom is -0.456 e. The predicted molar refractivity (Wildman–Crippen MR) is 279 cm³/mol. The first-order valence-electron chi connectivity index (χ1n) is 23.2. The third-order valence-corrected chi connectivity index (χ3v) is 15.0. The molecule has 12 aromatic carbocycles. The molecule has 1 spiro atoms. The SMILES string of the molecule is c1ccc(-c2ccc(N(c3ccc4c(c3)-c3ccccc3-c3ccccc3C43c4ccccc4-c4c3cc3ccc5cccc6ccc4c3c56)c3ccc4oc5ccccc5c4c3)cc2)cc1. The zero-order chi connectivity index (χ0) is 43.8. The quantitative estimate of drug-likeness (QED) is 0.164. The van der Waals surface area contributed by atoms with Crippen molar-refractivity contribution in [2.24, 2.45) is 0 Å². The number of rotatable bonds is 4. The Morgan fingerprint density at radius 2 is 0.881 bits per heavy atom. The second kappa shape index (κ2) is 13.7. The van der Waals surface area contributed by atoms with Crippen LogP contribution in [0.2, 0.25) is 0 Å². The van der Waals surface area contributed by atoms with Gasteiger partial charge < -0.3 is 9.32 Å². The molecular weight excluding hydrogens is 811 g/mol. The highest BCUT2D eigenvalue weighted by Crippen LogP contribution is 2.63. The van der Waals surface area contributed by atoms with Crippen molar-refractivity contribution in [2.45, 2.75) is 5.41 Å². The van der Waals surface area contributed by atoms with E-state index in [1.165, 1.54) is 99.1 Å². The molecule has 0 amide bonds. The van der Waals surface area contributed by atoms with Gasteiger partial charge in [-0.3, -0.25) is 0 Å². The number of hydrogen-bond donors (Lipinski definition) is 0.